The first kappa shape index (κ1) is 40.7. The predicted octanol–water partition coefficient (Wildman–Crippen LogP) is 7.30. The SMILES string of the molecule is N#Cc1ccc(C[C@@H](C(=O)N2CCN(Cc3ccccc3)CC2)N(Cc2ccc(N3CCN(c4ccccn4)CC3)cc2)C(=O)/C=C/c2ccc(C(F)(F)F)cc2)cc1. The van der Waals surface area contributed by atoms with Gasteiger partial charge in [-0.25, -0.2) is 4.98 Å². The minimum absolute atomic E-state index is 0.116. The highest BCUT2D eigenvalue weighted by atomic mass is 19.4. The van der Waals surface area contributed by atoms with Crippen LogP contribution >= 0.6 is 0 Å². The van der Waals surface area contributed by atoms with E-state index >= 15 is 0 Å². The van der Waals surface area contributed by atoms with E-state index in [-0.39, 0.29) is 18.9 Å². The number of aromatic nitrogens is 1. The smallest absolute Gasteiger partial charge is 0.368 e. The average Bonchev–Trinajstić information content (AvgIpc) is 3.28. The maximum atomic E-state index is 14.7. The molecular formula is C47H46F3N7O2. The summed E-state index contributed by atoms with van der Waals surface area (Å²) >= 11 is 0. The second-order valence-electron chi connectivity index (χ2n) is 14.9. The molecule has 0 N–H and O–H groups in total. The van der Waals surface area contributed by atoms with Crippen molar-refractivity contribution in [2.24, 2.45) is 0 Å². The van der Waals surface area contributed by atoms with Gasteiger partial charge in [-0.15, -0.1) is 0 Å². The van der Waals surface area contributed by atoms with Crippen LogP contribution in [0.3, 0.4) is 0 Å². The lowest BCUT2D eigenvalue weighted by Crippen LogP contribution is -2.56. The maximum absolute atomic E-state index is 14.7. The molecule has 0 radical (unpaired) electrons. The average molecular weight is 798 g/mol. The third-order valence-electron chi connectivity index (χ3n) is 11.0. The van der Waals surface area contributed by atoms with E-state index < -0.39 is 23.7 Å². The molecule has 2 fully saturated rings. The number of piperazine rings is 2. The molecule has 1 aromatic heterocycles. The number of halogens is 3. The molecule has 9 nitrogen and oxygen atoms in total. The normalized spacial score (nSPS) is 15.5. The van der Waals surface area contributed by atoms with Crippen LogP contribution in [0, 0.1) is 11.3 Å². The third kappa shape index (κ3) is 10.7. The molecule has 0 spiro atoms. The molecule has 7 rings (SSSR count). The minimum atomic E-state index is -4.48. The number of carbonyl (C=O) groups is 2. The van der Waals surface area contributed by atoms with Crippen LogP contribution in [-0.4, -0.2) is 89.9 Å². The first-order valence-electron chi connectivity index (χ1n) is 19.8. The number of nitriles is 1. The number of hydrogen-bond acceptors (Lipinski definition) is 7. The summed E-state index contributed by atoms with van der Waals surface area (Å²) in [5.41, 5.74) is 3.98. The van der Waals surface area contributed by atoms with E-state index in [0.717, 1.165) is 67.5 Å². The van der Waals surface area contributed by atoms with Crippen LogP contribution < -0.4 is 9.80 Å². The van der Waals surface area contributed by atoms with Crippen molar-refractivity contribution in [2.75, 3.05) is 62.2 Å². The van der Waals surface area contributed by atoms with Gasteiger partial charge >= 0.3 is 6.18 Å². The predicted molar refractivity (Wildman–Crippen MR) is 223 cm³/mol. The third-order valence-corrected chi connectivity index (χ3v) is 11.0. The van der Waals surface area contributed by atoms with E-state index in [0.29, 0.717) is 37.3 Å². The van der Waals surface area contributed by atoms with Crippen LogP contribution in [0.2, 0.25) is 0 Å². The summed E-state index contributed by atoms with van der Waals surface area (Å²) in [5.74, 6) is 0.320. The lowest BCUT2D eigenvalue weighted by atomic mass is 10.00. The Kier molecular flexibility index (Phi) is 13.0. The molecule has 2 aliphatic rings. The van der Waals surface area contributed by atoms with Crippen molar-refractivity contribution in [2.45, 2.75) is 31.7 Å². The zero-order valence-corrected chi connectivity index (χ0v) is 32.7. The summed E-state index contributed by atoms with van der Waals surface area (Å²) in [6, 6.07) is 37.0. The van der Waals surface area contributed by atoms with Crippen molar-refractivity contribution in [1.82, 2.24) is 19.7 Å². The summed E-state index contributed by atoms with van der Waals surface area (Å²) in [5, 5.41) is 9.44. The van der Waals surface area contributed by atoms with Crippen LogP contribution in [0.5, 0.6) is 0 Å². The molecular weight excluding hydrogens is 752 g/mol. The fraction of sp³-hybridized carbons (Fsp3) is 0.277. The van der Waals surface area contributed by atoms with Gasteiger partial charge in [0.05, 0.1) is 17.2 Å². The standard InChI is InChI=1S/C47H46F3N7O2/c48-47(49,50)41-18-13-36(14-19-41)17-22-45(58)57(35-40-15-20-42(21-16-40)54-28-30-55(31-29-54)44-8-4-5-23-52-44)43(32-37-9-11-38(33-51)12-10-37)46(59)56-26-24-53(25-27-56)34-39-6-2-1-3-7-39/h1-23,43H,24-32,34-35H2/b22-17+/t43-/m0/s1. The zero-order valence-electron chi connectivity index (χ0n) is 32.7. The monoisotopic (exact) mass is 797 g/mol. The van der Waals surface area contributed by atoms with Gasteiger partial charge in [0.1, 0.15) is 11.9 Å². The van der Waals surface area contributed by atoms with Gasteiger partial charge in [0.15, 0.2) is 0 Å². The molecule has 4 aromatic carbocycles. The maximum Gasteiger partial charge on any atom is 0.416 e. The summed E-state index contributed by atoms with van der Waals surface area (Å²) in [6.07, 6.45) is 0.329. The highest BCUT2D eigenvalue weighted by molar-refractivity contribution is 5.96. The lowest BCUT2D eigenvalue weighted by Gasteiger charge is -2.39. The number of carbonyl (C=O) groups excluding carboxylic acids is 2. The van der Waals surface area contributed by atoms with Gasteiger partial charge in [-0.2, -0.15) is 18.4 Å². The van der Waals surface area contributed by atoms with Gasteiger partial charge in [0.2, 0.25) is 11.8 Å². The summed E-state index contributed by atoms with van der Waals surface area (Å²) in [6.45, 7) is 6.48. The van der Waals surface area contributed by atoms with Gasteiger partial charge in [-0.3, -0.25) is 14.5 Å². The number of alkyl halides is 3. The molecule has 2 aliphatic heterocycles. The fourth-order valence-electron chi connectivity index (χ4n) is 7.58. The molecule has 0 bridgehead atoms. The molecule has 0 unspecified atom stereocenters. The van der Waals surface area contributed by atoms with E-state index in [1.54, 1.807) is 35.4 Å². The fourth-order valence-corrected chi connectivity index (χ4v) is 7.58. The van der Waals surface area contributed by atoms with Gasteiger partial charge in [0.25, 0.3) is 0 Å². The molecule has 2 saturated heterocycles. The van der Waals surface area contributed by atoms with Crippen molar-refractivity contribution in [3.63, 3.8) is 0 Å². The van der Waals surface area contributed by atoms with Crippen molar-refractivity contribution >= 4 is 29.4 Å². The molecule has 5 aromatic rings. The van der Waals surface area contributed by atoms with Crippen LogP contribution in [0.1, 0.15) is 33.4 Å². The Hall–Kier alpha value is -6.45. The van der Waals surface area contributed by atoms with Crippen LogP contribution in [0.4, 0.5) is 24.7 Å². The number of nitrogens with zero attached hydrogens (tertiary/aromatic N) is 7. The van der Waals surface area contributed by atoms with Crippen molar-refractivity contribution in [3.8, 4) is 6.07 Å². The number of pyridine rings is 1. The Labute approximate surface area is 343 Å². The molecule has 0 aliphatic carbocycles. The molecule has 0 saturated carbocycles. The van der Waals surface area contributed by atoms with Gasteiger partial charge in [-0.05, 0) is 76.9 Å². The van der Waals surface area contributed by atoms with E-state index in [1.807, 2.05) is 65.6 Å². The highest BCUT2D eigenvalue weighted by Crippen LogP contribution is 2.29. The zero-order chi connectivity index (χ0) is 41.2. The second-order valence-corrected chi connectivity index (χ2v) is 14.9. The molecule has 1 atom stereocenters. The number of anilines is 2. The van der Waals surface area contributed by atoms with E-state index in [4.69, 9.17) is 0 Å². The van der Waals surface area contributed by atoms with Crippen LogP contribution in [0.15, 0.2) is 134 Å². The second kappa shape index (κ2) is 18.9. The summed E-state index contributed by atoms with van der Waals surface area (Å²) in [7, 11) is 0. The number of hydrogen-bond donors (Lipinski definition) is 0. The Morgan fingerprint density at radius 1 is 0.729 bits per heavy atom. The number of benzene rings is 4. The topological polar surface area (TPSA) is 87.0 Å². The van der Waals surface area contributed by atoms with Crippen molar-refractivity contribution in [3.05, 3.63) is 167 Å². The number of amides is 2. The van der Waals surface area contributed by atoms with E-state index in [9.17, 15) is 28.0 Å². The van der Waals surface area contributed by atoms with Crippen molar-refractivity contribution in [1.29, 1.82) is 5.26 Å². The highest BCUT2D eigenvalue weighted by Gasteiger charge is 2.34. The van der Waals surface area contributed by atoms with Gasteiger partial charge in [-0.1, -0.05) is 72.8 Å². The molecule has 12 heteroatoms. The van der Waals surface area contributed by atoms with Crippen molar-refractivity contribution < 1.29 is 22.8 Å². The Bertz CT molecular complexity index is 2210. The Balaban J connectivity index is 1.14. The Morgan fingerprint density at radius 3 is 2.00 bits per heavy atom. The van der Waals surface area contributed by atoms with Gasteiger partial charge < -0.3 is 19.6 Å². The minimum Gasteiger partial charge on any atom is -0.368 e. The van der Waals surface area contributed by atoms with Gasteiger partial charge in [0, 0.05) is 89.8 Å². The first-order valence-corrected chi connectivity index (χ1v) is 19.8. The van der Waals surface area contributed by atoms with Crippen LogP contribution in [0.25, 0.3) is 6.08 Å². The van der Waals surface area contributed by atoms with E-state index in [1.165, 1.54) is 29.8 Å². The molecule has 2 amide bonds. The molecule has 3 heterocycles. The largest absolute Gasteiger partial charge is 0.416 e. The quantitative estimate of drug-likeness (QED) is 0.123. The Morgan fingerprint density at radius 2 is 1.37 bits per heavy atom. The first-order chi connectivity index (χ1) is 28.6. The summed E-state index contributed by atoms with van der Waals surface area (Å²) in [4.78, 5) is 43.9. The molecule has 59 heavy (non-hydrogen) atoms. The van der Waals surface area contributed by atoms with Crippen LogP contribution in [-0.2, 0) is 35.3 Å². The van der Waals surface area contributed by atoms with E-state index in [2.05, 4.69) is 37.9 Å². The lowest BCUT2D eigenvalue weighted by molar-refractivity contribution is -0.145. The summed E-state index contributed by atoms with van der Waals surface area (Å²) < 4.78 is 39.8. The number of rotatable bonds is 12. The molecule has 302 valence electrons.